The Bertz CT molecular complexity index is 878. The Hall–Kier alpha value is -2.85. The highest BCUT2D eigenvalue weighted by Crippen LogP contribution is 2.42. The third-order valence-electron chi connectivity index (χ3n) is 4.31. The predicted octanol–water partition coefficient (Wildman–Crippen LogP) is 4.42. The van der Waals surface area contributed by atoms with E-state index in [2.05, 4.69) is 15.2 Å². The molecule has 6 nitrogen and oxygen atoms in total. The Morgan fingerprint density at radius 1 is 1.28 bits per heavy atom. The van der Waals surface area contributed by atoms with Gasteiger partial charge in [-0.1, -0.05) is 0 Å². The van der Waals surface area contributed by atoms with E-state index in [9.17, 15) is 26.7 Å². The summed E-state index contributed by atoms with van der Waals surface area (Å²) in [5.41, 5.74) is -0.230. The Labute approximate surface area is 162 Å². The first-order valence-electron chi connectivity index (χ1n) is 8.75. The van der Waals surface area contributed by atoms with Gasteiger partial charge in [-0.15, -0.1) is 0 Å². The van der Waals surface area contributed by atoms with Gasteiger partial charge in [0.2, 0.25) is 5.91 Å². The van der Waals surface area contributed by atoms with Crippen LogP contribution in [0.3, 0.4) is 0 Å². The summed E-state index contributed by atoms with van der Waals surface area (Å²) in [5, 5.41) is 6.14. The topological polar surface area (TPSA) is 65.4 Å². The molecule has 3 rings (SSSR count). The molecule has 1 amide bonds. The Morgan fingerprint density at radius 3 is 2.59 bits per heavy atom. The van der Waals surface area contributed by atoms with Crippen molar-refractivity contribution in [1.29, 1.82) is 0 Å². The number of carbonyl (C=O) groups is 1. The number of amides is 1. The van der Waals surface area contributed by atoms with Gasteiger partial charge in [0.15, 0.2) is 17.2 Å². The van der Waals surface area contributed by atoms with Crippen LogP contribution in [0.1, 0.15) is 36.6 Å². The Morgan fingerprint density at radius 2 is 2.00 bits per heavy atom. The number of aromatic nitrogens is 2. The molecule has 0 atom stereocenters. The normalized spacial score (nSPS) is 14.2. The number of benzene rings is 1. The number of methoxy groups -OCH3 is 1. The van der Waals surface area contributed by atoms with E-state index in [-0.39, 0.29) is 36.1 Å². The lowest BCUT2D eigenvalue weighted by Crippen LogP contribution is -2.16. The molecule has 1 aliphatic rings. The standard InChI is InChI=1S/C18H18F5N3O3/c1-28-14-8-11(4-5-13(14)29-17(19)20)24-16(27)6-7-26-12(10-2-3-10)9-15(25-26)18(21,22)23/h4-5,8-10,17H,2-3,6-7H2,1H3,(H,24,27). The summed E-state index contributed by atoms with van der Waals surface area (Å²) >= 11 is 0. The number of nitrogens with one attached hydrogen (secondary N) is 1. The van der Waals surface area contributed by atoms with Crippen molar-refractivity contribution >= 4 is 11.6 Å². The second kappa shape index (κ2) is 8.26. The third kappa shape index (κ3) is 5.36. The zero-order valence-electron chi connectivity index (χ0n) is 15.3. The van der Waals surface area contributed by atoms with Crippen molar-refractivity contribution in [3.63, 3.8) is 0 Å². The van der Waals surface area contributed by atoms with Crippen LogP contribution in [0, 0.1) is 0 Å². The van der Waals surface area contributed by atoms with Crippen LogP contribution in [0.2, 0.25) is 0 Å². The number of ether oxygens (including phenoxy) is 2. The second-order valence-corrected chi connectivity index (χ2v) is 6.49. The number of hydrogen-bond donors (Lipinski definition) is 1. The van der Waals surface area contributed by atoms with Gasteiger partial charge in [0, 0.05) is 36.3 Å². The Balaban J connectivity index is 1.64. The quantitative estimate of drug-likeness (QED) is 0.644. The zero-order valence-corrected chi connectivity index (χ0v) is 15.3. The van der Waals surface area contributed by atoms with Gasteiger partial charge < -0.3 is 14.8 Å². The number of hydrogen-bond acceptors (Lipinski definition) is 4. The maximum atomic E-state index is 12.9. The van der Waals surface area contributed by atoms with Gasteiger partial charge >= 0.3 is 12.8 Å². The fraction of sp³-hybridized carbons (Fsp3) is 0.444. The average molecular weight is 419 g/mol. The predicted molar refractivity (Wildman–Crippen MR) is 92.1 cm³/mol. The van der Waals surface area contributed by atoms with E-state index in [4.69, 9.17) is 4.74 Å². The molecule has 0 saturated heterocycles. The van der Waals surface area contributed by atoms with Crippen molar-refractivity contribution < 1.29 is 36.2 Å². The molecular formula is C18H18F5N3O3. The minimum Gasteiger partial charge on any atom is -0.493 e. The number of alkyl halides is 5. The number of rotatable bonds is 8. The molecular weight excluding hydrogens is 401 g/mol. The molecule has 11 heteroatoms. The molecule has 0 bridgehead atoms. The molecule has 1 N–H and O–H groups in total. The first kappa shape index (κ1) is 20.9. The summed E-state index contributed by atoms with van der Waals surface area (Å²) in [7, 11) is 1.26. The summed E-state index contributed by atoms with van der Waals surface area (Å²) < 4.78 is 73.9. The molecule has 1 aromatic heterocycles. The number of aryl methyl sites for hydroxylation is 1. The maximum Gasteiger partial charge on any atom is 0.435 e. The van der Waals surface area contributed by atoms with Gasteiger partial charge in [-0.05, 0) is 31.0 Å². The molecule has 1 saturated carbocycles. The highest BCUT2D eigenvalue weighted by molar-refractivity contribution is 5.91. The minimum absolute atomic E-state index is 0.000940. The van der Waals surface area contributed by atoms with E-state index in [1.54, 1.807) is 0 Å². The molecule has 158 valence electrons. The molecule has 1 fully saturated rings. The molecule has 0 spiro atoms. The van der Waals surface area contributed by atoms with Crippen molar-refractivity contribution in [1.82, 2.24) is 9.78 Å². The van der Waals surface area contributed by atoms with E-state index in [0.717, 1.165) is 18.9 Å². The first-order valence-corrected chi connectivity index (χ1v) is 8.75. The second-order valence-electron chi connectivity index (χ2n) is 6.49. The molecule has 29 heavy (non-hydrogen) atoms. The molecule has 1 aromatic carbocycles. The molecule has 2 aromatic rings. The molecule has 1 aliphatic carbocycles. The fourth-order valence-corrected chi connectivity index (χ4v) is 2.83. The monoisotopic (exact) mass is 419 g/mol. The maximum absolute atomic E-state index is 12.9. The SMILES string of the molecule is COc1cc(NC(=O)CCn2nc(C(F)(F)F)cc2C2CC2)ccc1OC(F)F. The highest BCUT2D eigenvalue weighted by atomic mass is 19.4. The van der Waals surface area contributed by atoms with Crippen LogP contribution in [-0.2, 0) is 17.5 Å². The Kier molecular flexibility index (Phi) is 5.94. The molecule has 1 heterocycles. The van der Waals surface area contributed by atoms with Gasteiger partial charge in [0.1, 0.15) is 0 Å². The number of halogens is 5. The lowest BCUT2D eigenvalue weighted by molar-refractivity contribution is -0.141. The van der Waals surface area contributed by atoms with Crippen LogP contribution in [0.15, 0.2) is 24.3 Å². The van der Waals surface area contributed by atoms with E-state index >= 15 is 0 Å². The largest absolute Gasteiger partial charge is 0.493 e. The van der Waals surface area contributed by atoms with Crippen molar-refractivity contribution in [3.05, 3.63) is 35.7 Å². The summed E-state index contributed by atoms with van der Waals surface area (Å²) in [6.07, 6.45) is -3.07. The summed E-state index contributed by atoms with van der Waals surface area (Å²) in [6.45, 7) is -3.04. The van der Waals surface area contributed by atoms with Crippen LogP contribution in [0.5, 0.6) is 11.5 Å². The van der Waals surface area contributed by atoms with Gasteiger partial charge in [-0.2, -0.15) is 27.1 Å². The van der Waals surface area contributed by atoms with Crippen LogP contribution in [-0.4, -0.2) is 29.4 Å². The first-order chi connectivity index (χ1) is 13.7. The van der Waals surface area contributed by atoms with Crippen molar-refractivity contribution in [3.8, 4) is 11.5 Å². The third-order valence-corrected chi connectivity index (χ3v) is 4.31. The van der Waals surface area contributed by atoms with Crippen molar-refractivity contribution in [2.24, 2.45) is 0 Å². The zero-order chi connectivity index (χ0) is 21.2. The van der Waals surface area contributed by atoms with E-state index in [0.29, 0.717) is 5.69 Å². The van der Waals surface area contributed by atoms with E-state index in [1.807, 2.05) is 0 Å². The van der Waals surface area contributed by atoms with Gasteiger partial charge in [-0.3, -0.25) is 9.48 Å². The van der Waals surface area contributed by atoms with Gasteiger partial charge in [0.05, 0.1) is 7.11 Å². The van der Waals surface area contributed by atoms with Crippen LogP contribution in [0.25, 0.3) is 0 Å². The van der Waals surface area contributed by atoms with Crippen LogP contribution >= 0.6 is 0 Å². The number of nitrogens with zero attached hydrogens (tertiary/aromatic N) is 2. The molecule has 0 radical (unpaired) electrons. The summed E-state index contributed by atoms with van der Waals surface area (Å²) in [4.78, 5) is 12.2. The minimum atomic E-state index is -4.55. The average Bonchev–Trinajstić information content (AvgIpc) is 3.38. The molecule has 0 unspecified atom stereocenters. The highest BCUT2D eigenvalue weighted by Gasteiger charge is 2.37. The lowest BCUT2D eigenvalue weighted by atomic mass is 10.2. The molecule has 0 aliphatic heterocycles. The summed E-state index contributed by atoms with van der Waals surface area (Å²) in [5.74, 6) is -0.625. The summed E-state index contributed by atoms with van der Waals surface area (Å²) in [6, 6.07) is 4.90. The van der Waals surface area contributed by atoms with Crippen molar-refractivity contribution in [2.45, 2.75) is 44.5 Å². The van der Waals surface area contributed by atoms with Crippen molar-refractivity contribution in [2.75, 3.05) is 12.4 Å². The number of anilines is 1. The van der Waals surface area contributed by atoms with Gasteiger partial charge in [0.25, 0.3) is 0 Å². The van der Waals surface area contributed by atoms with Gasteiger partial charge in [-0.25, -0.2) is 0 Å². The number of carbonyl (C=O) groups excluding carboxylic acids is 1. The lowest BCUT2D eigenvalue weighted by Gasteiger charge is -2.12. The van der Waals surface area contributed by atoms with Crippen LogP contribution in [0.4, 0.5) is 27.6 Å². The smallest absolute Gasteiger partial charge is 0.435 e. The fourth-order valence-electron chi connectivity index (χ4n) is 2.83. The van der Waals surface area contributed by atoms with E-state index < -0.39 is 24.4 Å². The van der Waals surface area contributed by atoms with Crippen LogP contribution < -0.4 is 14.8 Å². The van der Waals surface area contributed by atoms with E-state index in [1.165, 1.54) is 30.0 Å².